The highest BCUT2D eigenvalue weighted by Gasteiger charge is 2.44. The van der Waals surface area contributed by atoms with Crippen LogP contribution in [-0.2, 0) is 16.1 Å². The van der Waals surface area contributed by atoms with Gasteiger partial charge in [0, 0.05) is 35.1 Å². The number of halogens is 1. The van der Waals surface area contributed by atoms with Crippen LogP contribution in [0.15, 0.2) is 77.3 Å². The van der Waals surface area contributed by atoms with Crippen LogP contribution in [0.25, 0.3) is 5.76 Å². The van der Waals surface area contributed by atoms with Crippen LogP contribution in [0.1, 0.15) is 23.6 Å². The van der Waals surface area contributed by atoms with E-state index in [0.29, 0.717) is 18.5 Å². The SMILES string of the molecule is O=C1C(=O)N(CCC[n+]2cc[nH]c2)C(c2ccc([N+](=O)[O-])cc2)C1=C([O-])c1ccc(Br)cc1. The number of hydrogen-bond acceptors (Lipinski definition) is 5. The second kappa shape index (κ2) is 9.37. The van der Waals surface area contributed by atoms with Gasteiger partial charge >= 0.3 is 0 Å². The van der Waals surface area contributed by atoms with E-state index < -0.39 is 28.4 Å². The molecule has 0 radical (unpaired) electrons. The van der Waals surface area contributed by atoms with Crippen LogP contribution in [-0.4, -0.2) is 33.0 Å². The van der Waals surface area contributed by atoms with Crippen LogP contribution in [0.2, 0.25) is 0 Å². The van der Waals surface area contributed by atoms with E-state index in [1.54, 1.807) is 36.8 Å². The molecule has 0 bridgehead atoms. The molecule has 10 heteroatoms. The number of carbonyl (C=O) groups is 2. The number of carbonyl (C=O) groups excluding carboxylic acids is 2. The predicted octanol–water partition coefficient (Wildman–Crippen LogP) is 2.29. The topological polar surface area (TPSA) is 123 Å². The maximum Gasteiger partial charge on any atom is 0.295 e. The van der Waals surface area contributed by atoms with Crippen molar-refractivity contribution in [2.75, 3.05) is 6.54 Å². The first-order valence-corrected chi connectivity index (χ1v) is 10.9. The maximum atomic E-state index is 13.3. The molecule has 1 aliphatic rings. The van der Waals surface area contributed by atoms with Crippen LogP contribution >= 0.6 is 15.9 Å². The van der Waals surface area contributed by atoms with Crippen molar-refractivity contribution in [1.82, 2.24) is 9.88 Å². The number of aromatic amines is 1. The summed E-state index contributed by atoms with van der Waals surface area (Å²) in [6.45, 7) is 0.839. The number of nitro benzene ring substituents is 1. The quantitative estimate of drug-likeness (QED) is 0.130. The number of non-ortho nitro benzene ring substituents is 1. The van der Waals surface area contributed by atoms with E-state index in [0.717, 1.165) is 4.47 Å². The second-order valence-corrected chi connectivity index (χ2v) is 8.45. The average molecular weight is 511 g/mol. The molecule has 1 aliphatic heterocycles. The van der Waals surface area contributed by atoms with Crippen LogP contribution in [0, 0.1) is 10.1 Å². The van der Waals surface area contributed by atoms with Gasteiger partial charge in [0.2, 0.25) is 12.1 Å². The highest BCUT2D eigenvalue weighted by atomic mass is 79.9. The monoisotopic (exact) mass is 510 g/mol. The summed E-state index contributed by atoms with van der Waals surface area (Å²) in [6.07, 6.45) is 5.94. The minimum Gasteiger partial charge on any atom is -0.872 e. The minimum atomic E-state index is -0.918. The maximum absolute atomic E-state index is 13.3. The summed E-state index contributed by atoms with van der Waals surface area (Å²) < 4.78 is 2.68. The van der Waals surface area contributed by atoms with Gasteiger partial charge in [-0.15, -0.1) is 0 Å². The highest BCUT2D eigenvalue weighted by molar-refractivity contribution is 9.10. The van der Waals surface area contributed by atoms with Crippen LogP contribution < -0.4 is 9.67 Å². The number of H-pyrrole nitrogens is 1. The summed E-state index contributed by atoms with van der Waals surface area (Å²) in [5.74, 6) is -2.13. The first kappa shape index (κ1) is 22.4. The zero-order valence-corrected chi connectivity index (χ0v) is 18.9. The molecule has 1 fully saturated rings. The van der Waals surface area contributed by atoms with E-state index in [2.05, 4.69) is 20.9 Å². The molecule has 168 valence electrons. The van der Waals surface area contributed by atoms with Gasteiger partial charge in [-0.1, -0.05) is 33.8 Å². The predicted molar refractivity (Wildman–Crippen MR) is 119 cm³/mol. The molecule has 9 nitrogen and oxygen atoms in total. The van der Waals surface area contributed by atoms with Crippen molar-refractivity contribution < 1.29 is 24.2 Å². The van der Waals surface area contributed by atoms with Crippen molar-refractivity contribution in [3.05, 3.63) is 98.5 Å². The molecule has 1 saturated heterocycles. The number of ketones is 1. The van der Waals surface area contributed by atoms with Gasteiger partial charge in [-0.3, -0.25) is 24.7 Å². The standard InChI is InChI=1S/C23H19BrN4O5/c24-17-6-2-16(3-7-17)21(29)19-20(15-4-8-18(9-5-15)28(32)33)27(23(31)22(19)30)12-1-11-26-13-10-25-14-26/h2-10,13-14,20H,1,11-12H2,(H,29,30). The van der Waals surface area contributed by atoms with Gasteiger partial charge in [0.05, 0.1) is 17.5 Å². The van der Waals surface area contributed by atoms with Crippen molar-refractivity contribution in [1.29, 1.82) is 0 Å². The van der Waals surface area contributed by atoms with Crippen LogP contribution in [0.5, 0.6) is 0 Å². The summed E-state index contributed by atoms with van der Waals surface area (Å²) >= 11 is 3.31. The van der Waals surface area contributed by atoms with Crippen molar-refractivity contribution in [2.45, 2.75) is 19.0 Å². The number of nitrogens with zero attached hydrogens (tertiary/aromatic N) is 3. The van der Waals surface area contributed by atoms with Crippen LogP contribution in [0.4, 0.5) is 5.69 Å². The van der Waals surface area contributed by atoms with E-state index in [9.17, 15) is 24.8 Å². The Morgan fingerprint density at radius 2 is 1.82 bits per heavy atom. The molecule has 4 rings (SSSR count). The summed E-state index contributed by atoms with van der Waals surface area (Å²) in [4.78, 5) is 40.7. The van der Waals surface area contributed by atoms with Gasteiger partial charge in [-0.25, -0.2) is 4.57 Å². The number of amides is 1. The fraction of sp³-hybridized carbons (Fsp3) is 0.174. The molecule has 2 heterocycles. The zero-order chi connectivity index (χ0) is 23.5. The lowest BCUT2D eigenvalue weighted by Crippen LogP contribution is -2.36. The molecular weight excluding hydrogens is 492 g/mol. The van der Waals surface area contributed by atoms with E-state index in [4.69, 9.17) is 0 Å². The lowest BCUT2D eigenvalue weighted by atomic mass is 9.95. The fourth-order valence-corrected chi connectivity index (χ4v) is 4.13. The Bertz CT molecular complexity index is 1220. The van der Waals surface area contributed by atoms with Crippen molar-refractivity contribution in [3.8, 4) is 0 Å². The van der Waals surface area contributed by atoms with Crippen molar-refractivity contribution in [3.63, 3.8) is 0 Å². The van der Waals surface area contributed by atoms with E-state index in [1.807, 2.05) is 10.8 Å². The number of hydrogen-bond donors (Lipinski definition) is 1. The third-order valence-electron chi connectivity index (χ3n) is 5.47. The molecular formula is C23H19BrN4O5. The fourth-order valence-electron chi connectivity index (χ4n) is 3.87. The van der Waals surface area contributed by atoms with Gasteiger partial charge in [-0.05, 0) is 35.4 Å². The largest absolute Gasteiger partial charge is 0.872 e. The molecule has 0 spiro atoms. The molecule has 2 aromatic carbocycles. The molecule has 1 N–H and O–H groups in total. The number of nitrogens with one attached hydrogen (secondary N) is 1. The molecule has 1 aromatic heterocycles. The van der Waals surface area contributed by atoms with Gasteiger partial charge in [0.1, 0.15) is 12.4 Å². The molecule has 1 amide bonds. The number of likely N-dealkylation sites (tertiary alicyclic amines) is 1. The molecule has 1 unspecified atom stereocenters. The zero-order valence-electron chi connectivity index (χ0n) is 17.3. The van der Waals surface area contributed by atoms with Gasteiger partial charge in [-0.2, -0.15) is 0 Å². The molecule has 0 saturated carbocycles. The van der Waals surface area contributed by atoms with Gasteiger partial charge < -0.3 is 10.0 Å². The van der Waals surface area contributed by atoms with E-state index >= 15 is 0 Å². The number of benzene rings is 2. The van der Waals surface area contributed by atoms with Gasteiger partial charge in [0.15, 0.2) is 0 Å². The Hall–Kier alpha value is -3.79. The van der Waals surface area contributed by atoms with Crippen molar-refractivity contribution in [2.24, 2.45) is 0 Å². The molecule has 0 aliphatic carbocycles. The summed E-state index contributed by atoms with van der Waals surface area (Å²) in [7, 11) is 0. The smallest absolute Gasteiger partial charge is 0.295 e. The van der Waals surface area contributed by atoms with E-state index in [-0.39, 0.29) is 23.4 Å². The normalized spacial score (nSPS) is 17.5. The van der Waals surface area contributed by atoms with Crippen LogP contribution in [0.3, 0.4) is 0 Å². The number of rotatable bonds is 7. The highest BCUT2D eigenvalue weighted by Crippen LogP contribution is 2.39. The average Bonchev–Trinajstić information content (AvgIpc) is 3.41. The Balaban J connectivity index is 1.74. The molecule has 1 atom stereocenters. The molecule has 33 heavy (non-hydrogen) atoms. The first-order valence-electron chi connectivity index (χ1n) is 10.2. The minimum absolute atomic E-state index is 0.120. The second-order valence-electron chi connectivity index (χ2n) is 7.53. The Morgan fingerprint density at radius 1 is 1.12 bits per heavy atom. The lowest BCUT2D eigenvalue weighted by Gasteiger charge is -2.27. The van der Waals surface area contributed by atoms with Crippen molar-refractivity contribution >= 4 is 39.1 Å². The Morgan fingerprint density at radius 3 is 2.42 bits per heavy atom. The number of imidazole rings is 1. The summed E-state index contributed by atoms with van der Waals surface area (Å²) in [6, 6.07) is 11.2. The third kappa shape index (κ3) is 4.56. The summed E-state index contributed by atoms with van der Waals surface area (Å²) in [5.41, 5.74) is 0.483. The van der Waals surface area contributed by atoms with E-state index in [1.165, 1.54) is 29.2 Å². The number of aryl methyl sites for hydroxylation is 1. The lowest BCUT2D eigenvalue weighted by molar-refractivity contribution is -0.695. The van der Waals surface area contributed by atoms with Gasteiger partial charge in [0.25, 0.3) is 11.6 Å². The molecule has 3 aromatic rings. The summed E-state index contributed by atoms with van der Waals surface area (Å²) in [5, 5.41) is 24.4. The number of Topliss-reactive ketones (excluding diaryl/α,β-unsaturated/α-hetero) is 1. The number of nitro groups is 1. The third-order valence-corrected chi connectivity index (χ3v) is 6.00. The first-order chi connectivity index (χ1) is 15.9. The Labute approximate surface area is 197 Å². The Kier molecular flexibility index (Phi) is 6.36. The number of aromatic nitrogens is 2.